The number of hydrogen-bond donors (Lipinski definition) is 2. The van der Waals surface area contributed by atoms with Crippen LogP contribution in [0.3, 0.4) is 0 Å². The van der Waals surface area contributed by atoms with E-state index in [0.717, 1.165) is 30.8 Å². The van der Waals surface area contributed by atoms with Crippen molar-refractivity contribution in [3.8, 4) is 5.75 Å². The van der Waals surface area contributed by atoms with Crippen LogP contribution >= 0.6 is 0 Å². The summed E-state index contributed by atoms with van der Waals surface area (Å²) in [6, 6.07) is 7.45. The van der Waals surface area contributed by atoms with E-state index < -0.39 is 0 Å². The number of carbonyl (C=O) groups excluding carboxylic acids is 1. The molecule has 5 heteroatoms. The van der Waals surface area contributed by atoms with Gasteiger partial charge < -0.3 is 20.7 Å². The van der Waals surface area contributed by atoms with Crippen LogP contribution in [0.2, 0.25) is 0 Å². The Labute approximate surface area is 120 Å². The Morgan fingerprint density at radius 1 is 1.35 bits per heavy atom. The summed E-state index contributed by atoms with van der Waals surface area (Å²) in [4.78, 5) is 14.1. The first-order valence-electron chi connectivity index (χ1n) is 6.95. The Hall–Kier alpha value is -1.59. The first kappa shape index (κ1) is 14.8. The van der Waals surface area contributed by atoms with Crippen molar-refractivity contribution in [2.75, 3.05) is 39.1 Å². The molecule has 1 aliphatic carbocycles. The van der Waals surface area contributed by atoms with E-state index in [1.165, 1.54) is 0 Å². The van der Waals surface area contributed by atoms with Gasteiger partial charge in [0.05, 0.1) is 5.41 Å². The van der Waals surface area contributed by atoms with Crippen molar-refractivity contribution in [1.82, 2.24) is 4.90 Å². The molecule has 5 nitrogen and oxygen atoms in total. The van der Waals surface area contributed by atoms with Gasteiger partial charge in [0.2, 0.25) is 5.91 Å². The van der Waals surface area contributed by atoms with Crippen LogP contribution < -0.4 is 15.8 Å². The van der Waals surface area contributed by atoms with E-state index in [9.17, 15) is 4.79 Å². The number of nitrogens with one attached hydrogen (secondary N) is 1. The van der Waals surface area contributed by atoms with Gasteiger partial charge in [0.15, 0.2) is 0 Å². The van der Waals surface area contributed by atoms with Crippen LogP contribution in [0.1, 0.15) is 12.8 Å². The Balaban J connectivity index is 1.84. The lowest BCUT2D eigenvalue weighted by Crippen LogP contribution is -2.30. The largest absolute Gasteiger partial charge is 0.492 e. The number of hydrogen-bond acceptors (Lipinski definition) is 4. The summed E-state index contributed by atoms with van der Waals surface area (Å²) >= 11 is 0. The van der Waals surface area contributed by atoms with Crippen LogP contribution in [0, 0.1) is 5.41 Å². The number of benzene rings is 1. The second-order valence-corrected chi connectivity index (χ2v) is 5.61. The highest BCUT2D eigenvalue weighted by molar-refractivity contribution is 5.97. The van der Waals surface area contributed by atoms with Gasteiger partial charge in [-0.15, -0.1) is 0 Å². The third-order valence-corrected chi connectivity index (χ3v) is 3.65. The highest BCUT2D eigenvalue weighted by Crippen LogP contribution is 2.45. The minimum absolute atomic E-state index is 0.0290. The zero-order valence-electron chi connectivity index (χ0n) is 12.2. The standard InChI is InChI=1S/C15H23N3O2/c1-18(2)9-10-20-13-5-3-12(4-6-13)17-14(19)15(11-16)7-8-15/h3-6H,7-11,16H2,1-2H3,(H,17,19). The first-order valence-corrected chi connectivity index (χ1v) is 6.95. The number of nitrogens with two attached hydrogens (primary N) is 1. The highest BCUT2D eigenvalue weighted by Gasteiger charge is 2.48. The van der Waals surface area contributed by atoms with Crippen LogP contribution in [0.25, 0.3) is 0 Å². The van der Waals surface area contributed by atoms with Gasteiger partial charge in [-0.05, 0) is 51.2 Å². The molecule has 2 rings (SSSR count). The summed E-state index contributed by atoms with van der Waals surface area (Å²) in [6.07, 6.45) is 1.78. The molecule has 0 bridgehead atoms. The Kier molecular flexibility index (Phi) is 4.62. The first-order chi connectivity index (χ1) is 9.55. The molecule has 0 spiro atoms. The molecule has 0 aromatic heterocycles. The third-order valence-electron chi connectivity index (χ3n) is 3.65. The zero-order chi connectivity index (χ0) is 14.6. The van der Waals surface area contributed by atoms with Crippen molar-refractivity contribution < 1.29 is 9.53 Å². The van der Waals surface area contributed by atoms with Crippen molar-refractivity contribution in [1.29, 1.82) is 0 Å². The summed E-state index contributed by atoms with van der Waals surface area (Å²) in [5.74, 6) is 0.839. The number of likely N-dealkylation sites (N-methyl/N-ethyl adjacent to an activating group) is 1. The summed E-state index contributed by atoms with van der Waals surface area (Å²) in [6.45, 7) is 1.94. The minimum Gasteiger partial charge on any atom is -0.492 e. The molecule has 1 aromatic rings. The second kappa shape index (κ2) is 6.24. The summed E-state index contributed by atoms with van der Waals surface area (Å²) in [7, 11) is 4.01. The number of carbonyl (C=O) groups is 1. The maximum atomic E-state index is 12.0. The molecule has 0 heterocycles. The SMILES string of the molecule is CN(C)CCOc1ccc(NC(=O)C2(CN)CC2)cc1. The lowest BCUT2D eigenvalue weighted by atomic mass is 10.1. The fourth-order valence-corrected chi connectivity index (χ4v) is 1.92. The molecule has 0 atom stereocenters. The molecule has 3 N–H and O–H groups in total. The molecule has 1 saturated carbocycles. The summed E-state index contributed by atoms with van der Waals surface area (Å²) in [5, 5.41) is 2.91. The monoisotopic (exact) mass is 277 g/mol. The fourth-order valence-electron chi connectivity index (χ4n) is 1.92. The Morgan fingerprint density at radius 3 is 2.50 bits per heavy atom. The number of anilines is 1. The third kappa shape index (κ3) is 3.71. The van der Waals surface area contributed by atoms with E-state index in [1.807, 2.05) is 38.4 Å². The van der Waals surface area contributed by atoms with Gasteiger partial charge in [0, 0.05) is 18.8 Å². The molecule has 110 valence electrons. The quantitative estimate of drug-likeness (QED) is 0.788. The van der Waals surface area contributed by atoms with Crippen LogP contribution in [-0.4, -0.2) is 44.6 Å². The van der Waals surface area contributed by atoms with Crippen molar-refractivity contribution in [2.24, 2.45) is 11.1 Å². The molecule has 20 heavy (non-hydrogen) atoms. The van der Waals surface area contributed by atoms with Gasteiger partial charge in [0.1, 0.15) is 12.4 Å². The molecule has 0 radical (unpaired) electrons. The van der Waals surface area contributed by atoms with Crippen molar-refractivity contribution in [3.05, 3.63) is 24.3 Å². The van der Waals surface area contributed by atoms with Crippen LogP contribution in [0.15, 0.2) is 24.3 Å². The Morgan fingerprint density at radius 2 is 2.00 bits per heavy atom. The number of rotatable bonds is 7. The number of nitrogens with zero attached hydrogens (tertiary/aromatic N) is 1. The predicted octanol–water partition coefficient (Wildman–Crippen LogP) is 1.30. The van der Waals surface area contributed by atoms with Gasteiger partial charge in [-0.25, -0.2) is 0 Å². The topological polar surface area (TPSA) is 67.6 Å². The predicted molar refractivity (Wildman–Crippen MR) is 79.8 cm³/mol. The van der Waals surface area contributed by atoms with Crippen LogP contribution in [-0.2, 0) is 4.79 Å². The van der Waals surface area contributed by atoms with E-state index in [1.54, 1.807) is 0 Å². The average molecular weight is 277 g/mol. The second-order valence-electron chi connectivity index (χ2n) is 5.61. The molecule has 1 aromatic carbocycles. The Bertz CT molecular complexity index is 453. The van der Waals surface area contributed by atoms with E-state index in [-0.39, 0.29) is 11.3 Å². The normalized spacial score (nSPS) is 16.0. The molecule has 0 aliphatic heterocycles. The molecular formula is C15H23N3O2. The van der Waals surface area contributed by atoms with Gasteiger partial charge in [-0.3, -0.25) is 4.79 Å². The minimum atomic E-state index is -0.319. The van der Waals surface area contributed by atoms with Gasteiger partial charge in [-0.1, -0.05) is 0 Å². The summed E-state index contributed by atoms with van der Waals surface area (Å²) < 4.78 is 5.60. The maximum absolute atomic E-state index is 12.0. The number of ether oxygens (including phenoxy) is 1. The molecule has 0 saturated heterocycles. The van der Waals surface area contributed by atoms with Crippen molar-refractivity contribution >= 4 is 11.6 Å². The number of amides is 1. The van der Waals surface area contributed by atoms with E-state index in [0.29, 0.717) is 13.2 Å². The van der Waals surface area contributed by atoms with Gasteiger partial charge in [-0.2, -0.15) is 0 Å². The fraction of sp³-hybridized carbons (Fsp3) is 0.533. The average Bonchev–Trinajstić information content (AvgIpc) is 3.21. The van der Waals surface area contributed by atoms with Gasteiger partial charge in [0.25, 0.3) is 0 Å². The lowest BCUT2D eigenvalue weighted by molar-refractivity contribution is -0.120. The highest BCUT2D eigenvalue weighted by atomic mass is 16.5. The van der Waals surface area contributed by atoms with E-state index >= 15 is 0 Å². The van der Waals surface area contributed by atoms with Gasteiger partial charge >= 0.3 is 0 Å². The molecular weight excluding hydrogens is 254 g/mol. The lowest BCUT2D eigenvalue weighted by Gasteiger charge is -2.14. The smallest absolute Gasteiger partial charge is 0.231 e. The van der Waals surface area contributed by atoms with Crippen molar-refractivity contribution in [2.45, 2.75) is 12.8 Å². The van der Waals surface area contributed by atoms with Crippen LogP contribution in [0.5, 0.6) is 5.75 Å². The molecule has 1 amide bonds. The van der Waals surface area contributed by atoms with Crippen LogP contribution in [0.4, 0.5) is 5.69 Å². The van der Waals surface area contributed by atoms with E-state index in [2.05, 4.69) is 10.2 Å². The van der Waals surface area contributed by atoms with E-state index in [4.69, 9.17) is 10.5 Å². The summed E-state index contributed by atoms with van der Waals surface area (Å²) in [5.41, 5.74) is 6.11. The molecule has 0 unspecified atom stereocenters. The zero-order valence-corrected chi connectivity index (χ0v) is 12.2. The maximum Gasteiger partial charge on any atom is 0.231 e. The molecule has 1 aliphatic rings. The van der Waals surface area contributed by atoms with Crippen molar-refractivity contribution in [3.63, 3.8) is 0 Å². The molecule has 1 fully saturated rings.